The predicted molar refractivity (Wildman–Crippen MR) is 94.8 cm³/mol. The lowest BCUT2D eigenvalue weighted by molar-refractivity contribution is 0.0940. The van der Waals surface area contributed by atoms with Gasteiger partial charge in [-0.25, -0.2) is 0 Å². The van der Waals surface area contributed by atoms with Crippen molar-refractivity contribution >= 4 is 5.91 Å². The Labute approximate surface area is 142 Å². The molecule has 3 rings (SSSR count). The van der Waals surface area contributed by atoms with Gasteiger partial charge in [-0.15, -0.1) is 0 Å². The van der Waals surface area contributed by atoms with E-state index < -0.39 is 0 Å². The molecule has 122 valence electrons. The molecule has 0 radical (unpaired) electrons. The number of rotatable bonds is 5. The topological polar surface area (TPSA) is 46.9 Å². The second-order valence-corrected chi connectivity index (χ2v) is 5.95. The molecule has 1 N–H and O–H groups in total. The maximum Gasteiger partial charge on any atom is 0.251 e. The Morgan fingerprint density at radius 1 is 1.12 bits per heavy atom. The maximum absolute atomic E-state index is 12.4. The van der Waals surface area contributed by atoms with Gasteiger partial charge in [0.2, 0.25) is 0 Å². The lowest BCUT2D eigenvalue weighted by Crippen LogP contribution is -2.27. The summed E-state index contributed by atoms with van der Waals surface area (Å²) in [5.74, 6) is -0.0589. The van der Waals surface area contributed by atoms with Gasteiger partial charge in [-0.3, -0.25) is 9.48 Å². The SMILES string of the molecule is Cc1ccccc1C(C)NC(=O)c1ccc(Cn2cccn2)cc1. The largest absolute Gasteiger partial charge is 0.346 e. The van der Waals surface area contributed by atoms with Crippen LogP contribution < -0.4 is 5.32 Å². The van der Waals surface area contributed by atoms with E-state index in [0.717, 1.165) is 11.1 Å². The molecule has 1 unspecified atom stereocenters. The van der Waals surface area contributed by atoms with E-state index in [-0.39, 0.29) is 11.9 Å². The Kier molecular flexibility index (Phi) is 4.75. The van der Waals surface area contributed by atoms with Crippen molar-refractivity contribution in [2.45, 2.75) is 26.4 Å². The minimum absolute atomic E-state index is 0.0255. The summed E-state index contributed by atoms with van der Waals surface area (Å²) in [6, 6.07) is 17.6. The summed E-state index contributed by atoms with van der Waals surface area (Å²) in [5, 5.41) is 7.25. The molecule has 3 aromatic rings. The number of amides is 1. The summed E-state index contributed by atoms with van der Waals surface area (Å²) in [7, 11) is 0. The van der Waals surface area contributed by atoms with Gasteiger partial charge >= 0.3 is 0 Å². The third-order valence-corrected chi connectivity index (χ3v) is 4.12. The number of aryl methyl sites for hydroxylation is 1. The van der Waals surface area contributed by atoms with E-state index >= 15 is 0 Å². The van der Waals surface area contributed by atoms with Crippen LogP contribution in [0.1, 0.15) is 40.0 Å². The summed E-state index contributed by atoms with van der Waals surface area (Å²) in [6.07, 6.45) is 3.68. The summed E-state index contributed by atoms with van der Waals surface area (Å²) >= 11 is 0. The Bertz CT molecular complexity index is 807. The van der Waals surface area contributed by atoms with Gasteiger partial charge in [0.1, 0.15) is 0 Å². The highest BCUT2D eigenvalue weighted by atomic mass is 16.1. The van der Waals surface area contributed by atoms with Gasteiger partial charge in [-0.2, -0.15) is 5.10 Å². The first-order valence-electron chi connectivity index (χ1n) is 8.06. The second-order valence-electron chi connectivity index (χ2n) is 5.95. The number of nitrogens with zero attached hydrogens (tertiary/aromatic N) is 2. The third kappa shape index (κ3) is 3.71. The minimum Gasteiger partial charge on any atom is -0.346 e. The first-order chi connectivity index (χ1) is 11.6. The molecule has 4 nitrogen and oxygen atoms in total. The number of aromatic nitrogens is 2. The Morgan fingerprint density at radius 3 is 2.54 bits per heavy atom. The molecular formula is C20H21N3O. The van der Waals surface area contributed by atoms with Crippen LogP contribution in [0.2, 0.25) is 0 Å². The van der Waals surface area contributed by atoms with Crippen molar-refractivity contribution in [1.29, 1.82) is 0 Å². The quantitative estimate of drug-likeness (QED) is 0.779. The molecule has 1 heterocycles. The lowest BCUT2D eigenvalue weighted by atomic mass is 10.0. The summed E-state index contributed by atoms with van der Waals surface area (Å²) in [5.41, 5.74) is 4.10. The predicted octanol–water partition coefficient (Wildman–Crippen LogP) is 3.73. The molecule has 0 saturated carbocycles. The van der Waals surface area contributed by atoms with E-state index in [1.165, 1.54) is 5.56 Å². The second kappa shape index (κ2) is 7.13. The average Bonchev–Trinajstić information content (AvgIpc) is 3.08. The van der Waals surface area contributed by atoms with Crippen molar-refractivity contribution in [2.75, 3.05) is 0 Å². The minimum atomic E-state index is -0.0589. The molecular weight excluding hydrogens is 298 g/mol. The number of carbonyl (C=O) groups is 1. The molecule has 24 heavy (non-hydrogen) atoms. The fraction of sp³-hybridized carbons (Fsp3) is 0.200. The van der Waals surface area contributed by atoms with Crippen LogP contribution in [0.4, 0.5) is 0 Å². The van der Waals surface area contributed by atoms with Gasteiger partial charge < -0.3 is 5.32 Å². The molecule has 1 amide bonds. The third-order valence-electron chi connectivity index (χ3n) is 4.12. The van der Waals surface area contributed by atoms with E-state index in [9.17, 15) is 4.79 Å². The molecule has 0 aliphatic carbocycles. The van der Waals surface area contributed by atoms with Gasteiger partial charge in [0.05, 0.1) is 12.6 Å². The number of hydrogen-bond acceptors (Lipinski definition) is 2. The van der Waals surface area contributed by atoms with E-state index in [1.807, 2.05) is 66.3 Å². The zero-order valence-electron chi connectivity index (χ0n) is 13.9. The van der Waals surface area contributed by atoms with Crippen molar-refractivity contribution < 1.29 is 4.79 Å². The summed E-state index contributed by atoms with van der Waals surface area (Å²) in [6.45, 7) is 4.77. The zero-order valence-corrected chi connectivity index (χ0v) is 13.9. The molecule has 0 aliphatic heterocycles. The first-order valence-corrected chi connectivity index (χ1v) is 8.06. The number of benzene rings is 2. The van der Waals surface area contributed by atoms with Gasteiger partial charge in [-0.05, 0) is 48.7 Å². The number of carbonyl (C=O) groups excluding carboxylic acids is 1. The highest BCUT2D eigenvalue weighted by molar-refractivity contribution is 5.94. The van der Waals surface area contributed by atoms with Gasteiger partial charge in [0.15, 0.2) is 0 Å². The molecule has 2 aromatic carbocycles. The maximum atomic E-state index is 12.4. The van der Waals surface area contributed by atoms with Crippen LogP contribution in [-0.4, -0.2) is 15.7 Å². The molecule has 0 bridgehead atoms. The fourth-order valence-corrected chi connectivity index (χ4v) is 2.77. The van der Waals surface area contributed by atoms with Crippen LogP contribution >= 0.6 is 0 Å². The van der Waals surface area contributed by atoms with Crippen LogP contribution in [0.25, 0.3) is 0 Å². The smallest absolute Gasteiger partial charge is 0.251 e. The molecule has 1 aromatic heterocycles. The Hall–Kier alpha value is -2.88. The normalized spacial score (nSPS) is 11.9. The van der Waals surface area contributed by atoms with E-state index in [2.05, 4.69) is 23.4 Å². The van der Waals surface area contributed by atoms with E-state index in [0.29, 0.717) is 12.1 Å². The highest BCUT2D eigenvalue weighted by Crippen LogP contribution is 2.17. The van der Waals surface area contributed by atoms with Crippen molar-refractivity contribution in [3.8, 4) is 0 Å². The standard InChI is InChI=1S/C20H21N3O/c1-15-6-3-4-7-19(15)16(2)22-20(24)18-10-8-17(9-11-18)14-23-13-5-12-21-23/h3-13,16H,14H2,1-2H3,(H,22,24). The molecule has 0 aliphatic rings. The monoisotopic (exact) mass is 319 g/mol. The van der Waals surface area contributed by atoms with E-state index in [4.69, 9.17) is 0 Å². The molecule has 0 spiro atoms. The molecule has 1 atom stereocenters. The number of nitrogens with one attached hydrogen (secondary N) is 1. The van der Waals surface area contributed by atoms with Crippen LogP contribution in [0.5, 0.6) is 0 Å². The molecule has 0 saturated heterocycles. The van der Waals surface area contributed by atoms with Crippen LogP contribution in [0.15, 0.2) is 67.0 Å². The van der Waals surface area contributed by atoms with Crippen LogP contribution in [0.3, 0.4) is 0 Å². The molecule has 4 heteroatoms. The molecule has 0 fully saturated rings. The van der Waals surface area contributed by atoms with Gasteiger partial charge in [0, 0.05) is 18.0 Å². The fourth-order valence-electron chi connectivity index (χ4n) is 2.77. The first kappa shape index (κ1) is 16.0. The van der Waals surface area contributed by atoms with Crippen molar-refractivity contribution in [3.05, 3.63) is 89.2 Å². The van der Waals surface area contributed by atoms with Crippen molar-refractivity contribution in [3.63, 3.8) is 0 Å². The number of hydrogen-bond donors (Lipinski definition) is 1. The van der Waals surface area contributed by atoms with Gasteiger partial charge in [-0.1, -0.05) is 36.4 Å². The van der Waals surface area contributed by atoms with Crippen molar-refractivity contribution in [1.82, 2.24) is 15.1 Å². The van der Waals surface area contributed by atoms with Gasteiger partial charge in [0.25, 0.3) is 5.91 Å². The summed E-state index contributed by atoms with van der Waals surface area (Å²) in [4.78, 5) is 12.4. The van der Waals surface area contributed by atoms with Crippen LogP contribution in [-0.2, 0) is 6.54 Å². The zero-order chi connectivity index (χ0) is 16.9. The lowest BCUT2D eigenvalue weighted by Gasteiger charge is -2.16. The summed E-state index contributed by atoms with van der Waals surface area (Å²) < 4.78 is 1.86. The average molecular weight is 319 g/mol. The van der Waals surface area contributed by atoms with Crippen molar-refractivity contribution in [2.24, 2.45) is 0 Å². The Morgan fingerprint density at radius 2 is 1.88 bits per heavy atom. The van der Waals surface area contributed by atoms with Crippen LogP contribution in [0, 0.1) is 6.92 Å². The Balaban J connectivity index is 1.66. The van der Waals surface area contributed by atoms with E-state index in [1.54, 1.807) is 6.20 Å². The highest BCUT2D eigenvalue weighted by Gasteiger charge is 2.12.